The van der Waals surface area contributed by atoms with Crippen LogP contribution in [-0.4, -0.2) is 34.5 Å². The maximum Gasteiger partial charge on any atom is 0.163 e. The molecule has 8 nitrogen and oxygen atoms in total. The summed E-state index contributed by atoms with van der Waals surface area (Å²) >= 11 is 0. The standard InChI is InChI=1S/C15H20N8/c1-9(2)13-18-14(10-7-17-22(3)15(10)19-13)16-8-12-21-20-11-5-4-6-23(11)12/h7,9H,4-6,8H2,1-3H3,(H,16,18,19). The van der Waals surface area contributed by atoms with Gasteiger partial charge in [0.2, 0.25) is 0 Å². The van der Waals surface area contributed by atoms with Gasteiger partial charge in [-0.25, -0.2) is 9.97 Å². The average Bonchev–Trinajstić information content (AvgIpc) is 3.21. The zero-order valence-electron chi connectivity index (χ0n) is 13.6. The molecule has 1 N–H and O–H groups in total. The monoisotopic (exact) mass is 312 g/mol. The number of fused-ring (bicyclic) bond motifs is 2. The Labute approximate surface area is 134 Å². The largest absolute Gasteiger partial charge is 0.362 e. The van der Waals surface area contributed by atoms with Crippen molar-refractivity contribution in [3.05, 3.63) is 23.7 Å². The zero-order chi connectivity index (χ0) is 16.0. The minimum Gasteiger partial charge on any atom is -0.362 e. The van der Waals surface area contributed by atoms with E-state index in [9.17, 15) is 0 Å². The van der Waals surface area contributed by atoms with Gasteiger partial charge in [-0.3, -0.25) is 4.68 Å². The molecule has 0 aliphatic carbocycles. The van der Waals surface area contributed by atoms with Gasteiger partial charge >= 0.3 is 0 Å². The van der Waals surface area contributed by atoms with E-state index in [0.717, 1.165) is 53.7 Å². The second-order valence-electron chi connectivity index (χ2n) is 6.23. The van der Waals surface area contributed by atoms with Gasteiger partial charge in [0.1, 0.15) is 17.5 Å². The number of aromatic nitrogens is 7. The SMILES string of the molecule is CC(C)c1nc(NCc2nnc3n2CCC3)c2cnn(C)c2n1. The van der Waals surface area contributed by atoms with Gasteiger partial charge in [-0.2, -0.15) is 5.10 Å². The van der Waals surface area contributed by atoms with E-state index in [-0.39, 0.29) is 5.92 Å². The quantitative estimate of drug-likeness (QED) is 0.788. The fourth-order valence-electron chi connectivity index (χ4n) is 2.94. The number of anilines is 1. The first-order chi connectivity index (χ1) is 11.1. The number of rotatable bonds is 4. The van der Waals surface area contributed by atoms with E-state index >= 15 is 0 Å². The normalized spacial score (nSPS) is 13.9. The van der Waals surface area contributed by atoms with Gasteiger partial charge in [-0.05, 0) is 6.42 Å². The molecule has 1 aliphatic heterocycles. The number of nitrogens with zero attached hydrogens (tertiary/aromatic N) is 7. The third kappa shape index (κ3) is 2.34. The maximum absolute atomic E-state index is 4.67. The molecule has 3 aromatic rings. The minimum atomic E-state index is 0.257. The minimum absolute atomic E-state index is 0.257. The van der Waals surface area contributed by atoms with Crippen molar-refractivity contribution >= 4 is 16.9 Å². The van der Waals surface area contributed by atoms with Crippen LogP contribution >= 0.6 is 0 Å². The Balaban J connectivity index is 1.67. The molecule has 0 fully saturated rings. The van der Waals surface area contributed by atoms with Crippen LogP contribution in [-0.2, 0) is 26.6 Å². The molecule has 0 atom stereocenters. The van der Waals surface area contributed by atoms with E-state index in [1.54, 1.807) is 10.9 Å². The molecule has 0 unspecified atom stereocenters. The van der Waals surface area contributed by atoms with E-state index in [1.807, 2.05) is 7.05 Å². The van der Waals surface area contributed by atoms with Crippen molar-refractivity contribution < 1.29 is 0 Å². The summed E-state index contributed by atoms with van der Waals surface area (Å²) in [4.78, 5) is 9.29. The summed E-state index contributed by atoms with van der Waals surface area (Å²) in [5.41, 5.74) is 0.845. The zero-order valence-corrected chi connectivity index (χ0v) is 13.6. The summed E-state index contributed by atoms with van der Waals surface area (Å²) in [5, 5.41) is 17.2. The predicted molar refractivity (Wildman–Crippen MR) is 86.1 cm³/mol. The molecule has 0 amide bonds. The van der Waals surface area contributed by atoms with Gasteiger partial charge in [-0.1, -0.05) is 13.8 Å². The summed E-state index contributed by atoms with van der Waals surface area (Å²) in [6, 6.07) is 0. The van der Waals surface area contributed by atoms with Crippen LogP contribution in [0.3, 0.4) is 0 Å². The van der Waals surface area contributed by atoms with Gasteiger partial charge in [0.25, 0.3) is 0 Å². The molecule has 120 valence electrons. The fraction of sp³-hybridized carbons (Fsp3) is 0.533. The van der Waals surface area contributed by atoms with Crippen LogP contribution < -0.4 is 5.32 Å². The van der Waals surface area contributed by atoms with Crippen LogP contribution in [0.25, 0.3) is 11.0 Å². The lowest BCUT2D eigenvalue weighted by Gasteiger charge is -2.10. The van der Waals surface area contributed by atoms with Crippen molar-refractivity contribution in [2.45, 2.75) is 45.7 Å². The Morgan fingerprint density at radius 3 is 2.96 bits per heavy atom. The third-order valence-electron chi connectivity index (χ3n) is 4.23. The van der Waals surface area contributed by atoms with E-state index in [0.29, 0.717) is 6.54 Å². The van der Waals surface area contributed by atoms with Gasteiger partial charge in [-0.15, -0.1) is 10.2 Å². The molecule has 0 aromatic carbocycles. The molecule has 23 heavy (non-hydrogen) atoms. The molecule has 0 radical (unpaired) electrons. The number of nitrogens with one attached hydrogen (secondary N) is 1. The molecule has 0 spiro atoms. The van der Waals surface area contributed by atoms with Crippen LogP contribution in [0.5, 0.6) is 0 Å². The van der Waals surface area contributed by atoms with Crippen molar-refractivity contribution in [1.29, 1.82) is 0 Å². The molecular weight excluding hydrogens is 292 g/mol. The second kappa shape index (κ2) is 5.29. The van der Waals surface area contributed by atoms with Crippen LogP contribution in [0.2, 0.25) is 0 Å². The molecule has 4 heterocycles. The highest BCUT2D eigenvalue weighted by Crippen LogP contribution is 2.23. The Bertz CT molecular complexity index is 860. The topological polar surface area (TPSA) is 86.3 Å². The highest BCUT2D eigenvalue weighted by atomic mass is 15.3. The van der Waals surface area contributed by atoms with Gasteiger partial charge < -0.3 is 9.88 Å². The average molecular weight is 312 g/mol. The van der Waals surface area contributed by atoms with Crippen LogP contribution in [0.15, 0.2) is 6.20 Å². The lowest BCUT2D eigenvalue weighted by molar-refractivity contribution is 0.695. The molecular formula is C15H20N8. The van der Waals surface area contributed by atoms with Gasteiger partial charge in [0.15, 0.2) is 11.5 Å². The van der Waals surface area contributed by atoms with E-state index in [4.69, 9.17) is 0 Å². The Morgan fingerprint density at radius 1 is 1.26 bits per heavy atom. The highest BCUT2D eigenvalue weighted by molar-refractivity contribution is 5.86. The summed E-state index contributed by atoms with van der Waals surface area (Å²) in [5.74, 6) is 3.92. The van der Waals surface area contributed by atoms with Crippen molar-refractivity contribution in [1.82, 2.24) is 34.5 Å². The maximum atomic E-state index is 4.67. The van der Waals surface area contributed by atoms with Crippen molar-refractivity contribution in [2.24, 2.45) is 7.05 Å². The summed E-state index contributed by atoms with van der Waals surface area (Å²) in [6.07, 6.45) is 3.97. The molecule has 3 aromatic heterocycles. The first-order valence-corrected chi connectivity index (χ1v) is 7.98. The Hall–Kier alpha value is -2.51. The van der Waals surface area contributed by atoms with E-state index < -0.39 is 0 Å². The number of hydrogen-bond acceptors (Lipinski definition) is 6. The van der Waals surface area contributed by atoms with Gasteiger partial charge in [0, 0.05) is 25.9 Å². The fourth-order valence-corrected chi connectivity index (χ4v) is 2.94. The van der Waals surface area contributed by atoms with E-state index in [1.165, 1.54) is 0 Å². The third-order valence-corrected chi connectivity index (χ3v) is 4.23. The first kappa shape index (κ1) is 14.1. The lowest BCUT2D eigenvalue weighted by Crippen LogP contribution is -2.10. The van der Waals surface area contributed by atoms with Crippen molar-refractivity contribution in [3.8, 4) is 0 Å². The summed E-state index contributed by atoms with van der Waals surface area (Å²) < 4.78 is 3.97. The Kier molecular flexibility index (Phi) is 3.24. The summed E-state index contributed by atoms with van der Waals surface area (Å²) in [6.45, 7) is 5.79. The van der Waals surface area contributed by atoms with Crippen molar-refractivity contribution in [2.75, 3.05) is 5.32 Å². The Morgan fingerprint density at radius 2 is 2.13 bits per heavy atom. The molecule has 0 saturated carbocycles. The van der Waals surface area contributed by atoms with Gasteiger partial charge in [0.05, 0.1) is 18.1 Å². The van der Waals surface area contributed by atoms with Crippen molar-refractivity contribution in [3.63, 3.8) is 0 Å². The molecule has 0 saturated heterocycles. The predicted octanol–water partition coefficient (Wildman–Crippen LogP) is 1.64. The second-order valence-corrected chi connectivity index (χ2v) is 6.23. The molecule has 4 rings (SSSR count). The number of aryl methyl sites for hydroxylation is 2. The van der Waals surface area contributed by atoms with Crippen LogP contribution in [0.4, 0.5) is 5.82 Å². The first-order valence-electron chi connectivity index (χ1n) is 7.98. The smallest absolute Gasteiger partial charge is 0.163 e. The summed E-state index contributed by atoms with van der Waals surface area (Å²) in [7, 11) is 1.90. The lowest BCUT2D eigenvalue weighted by atomic mass is 10.2. The molecule has 1 aliphatic rings. The van der Waals surface area contributed by atoms with Crippen LogP contribution in [0.1, 0.15) is 43.7 Å². The van der Waals surface area contributed by atoms with E-state index in [2.05, 4.69) is 49.0 Å². The molecule has 0 bridgehead atoms. The number of hydrogen-bond donors (Lipinski definition) is 1. The molecule has 8 heteroatoms. The van der Waals surface area contributed by atoms with Crippen LogP contribution in [0, 0.1) is 0 Å². The highest BCUT2D eigenvalue weighted by Gasteiger charge is 2.18.